The number of thiophene rings is 1. The molecule has 76 valence electrons. The van der Waals surface area contributed by atoms with Crippen molar-refractivity contribution in [2.75, 3.05) is 13.1 Å². The largest absolute Gasteiger partial charge is 0.300 e. The molecule has 0 aliphatic carbocycles. The summed E-state index contributed by atoms with van der Waals surface area (Å²) < 4.78 is 0. The summed E-state index contributed by atoms with van der Waals surface area (Å²) in [7, 11) is 0. The molecule has 1 saturated heterocycles. The lowest BCUT2D eigenvalue weighted by Crippen LogP contribution is -2.35. The zero-order valence-electron chi connectivity index (χ0n) is 8.40. The SMILES string of the molecule is CC(c1cccs1)N1CCC(=O)CC1. The van der Waals surface area contributed by atoms with Crippen LogP contribution in [0.5, 0.6) is 0 Å². The van der Waals surface area contributed by atoms with Gasteiger partial charge in [0.15, 0.2) is 0 Å². The molecule has 1 aromatic heterocycles. The Balaban J connectivity index is 1.99. The van der Waals surface area contributed by atoms with E-state index in [1.54, 1.807) is 11.3 Å². The number of nitrogens with zero attached hydrogens (tertiary/aromatic N) is 1. The van der Waals surface area contributed by atoms with Crippen molar-refractivity contribution in [1.29, 1.82) is 0 Å². The summed E-state index contributed by atoms with van der Waals surface area (Å²) in [6.07, 6.45) is 1.46. The summed E-state index contributed by atoms with van der Waals surface area (Å²) in [5.74, 6) is 0.416. The molecule has 0 bridgehead atoms. The third-order valence-electron chi connectivity index (χ3n) is 2.86. The van der Waals surface area contributed by atoms with Gasteiger partial charge in [-0.25, -0.2) is 0 Å². The third kappa shape index (κ3) is 2.04. The molecule has 0 radical (unpaired) electrons. The number of likely N-dealkylation sites (tertiary alicyclic amines) is 1. The van der Waals surface area contributed by atoms with Crippen molar-refractivity contribution >= 4 is 17.1 Å². The Morgan fingerprint density at radius 3 is 2.71 bits per heavy atom. The normalized spacial score (nSPS) is 21.1. The average molecular weight is 209 g/mol. The maximum absolute atomic E-state index is 11.1. The van der Waals surface area contributed by atoms with Gasteiger partial charge in [-0.1, -0.05) is 6.07 Å². The van der Waals surface area contributed by atoms with Gasteiger partial charge in [-0.2, -0.15) is 0 Å². The summed E-state index contributed by atoms with van der Waals surface area (Å²) in [6.45, 7) is 4.08. The Morgan fingerprint density at radius 1 is 1.43 bits per heavy atom. The van der Waals surface area contributed by atoms with Gasteiger partial charge in [0, 0.05) is 36.9 Å². The van der Waals surface area contributed by atoms with Gasteiger partial charge in [0.05, 0.1) is 0 Å². The fourth-order valence-corrected chi connectivity index (χ4v) is 2.69. The van der Waals surface area contributed by atoms with Crippen LogP contribution in [0.4, 0.5) is 0 Å². The van der Waals surface area contributed by atoms with Crippen molar-refractivity contribution in [3.63, 3.8) is 0 Å². The molecule has 1 atom stereocenters. The maximum Gasteiger partial charge on any atom is 0.135 e. The molecule has 0 amide bonds. The highest BCUT2D eigenvalue weighted by Crippen LogP contribution is 2.26. The van der Waals surface area contributed by atoms with Crippen molar-refractivity contribution in [3.8, 4) is 0 Å². The number of hydrogen-bond donors (Lipinski definition) is 0. The van der Waals surface area contributed by atoms with E-state index in [0.717, 1.165) is 25.9 Å². The molecular formula is C11H15NOS. The summed E-state index contributed by atoms with van der Waals surface area (Å²) >= 11 is 1.80. The van der Waals surface area contributed by atoms with Crippen molar-refractivity contribution in [3.05, 3.63) is 22.4 Å². The highest BCUT2D eigenvalue weighted by atomic mass is 32.1. The minimum atomic E-state index is 0.416. The molecular weight excluding hydrogens is 194 g/mol. The quantitative estimate of drug-likeness (QED) is 0.745. The molecule has 1 aromatic rings. The van der Waals surface area contributed by atoms with Crippen LogP contribution in [-0.2, 0) is 4.79 Å². The molecule has 0 aromatic carbocycles. The lowest BCUT2D eigenvalue weighted by molar-refractivity contribution is -0.121. The number of hydrogen-bond acceptors (Lipinski definition) is 3. The standard InChI is InChI=1S/C11H15NOS/c1-9(11-3-2-8-14-11)12-6-4-10(13)5-7-12/h2-3,8-9H,4-7H2,1H3. The first-order chi connectivity index (χ1) is 6.77. The van der Waals surface area contributed by atoms with Gasteiger partial charge in [0.2, 0.25) is 0 Å². The van der Waals surface area contributed by atoms with Gasteiger partial charge >= 0.3 is 0 Å². The molecule has 0 N–H and O–H groups in total. The van der Waals surface area contributed by atoms with E-state index in [1.807, 2.05) is 0 Å². The first kappa shape index (κ1) is 9.87. The van der Waals surface area contributed by atoms with Gasteiger partial charge in [0.1, 0.15) is 5.78 Å². The minimum absolute atomic E-state index is 0.416. The van der Waals surface area contributed by atoms with Crippen LogP contribution in [0, 0.1) is 0 Å². The Hall–Kier alpha value is -0.670. The second-order valence-electron chi connectivity index (χ2n) is 3.77. The molecule has 1 aliphatic rings. The molecule has 0 spiro atoms. The summed E-state index contributed by atoms with van der Waals surface area (Å²) in [5, 5.41) is 2.11. The van der Waals surface area contributed by atoms with Crippen LogP contribution in [0.15, 0.2) is 17.5 Å². The van der Waals surface area contributed by atoms with Crippen LogP contribution in [0.1, 0.15) is 30.7 Å². The Kier molecular flexibility index (Phi) is 2.99. The topological polar surface area (TPSA) is 20.3 Å². The van der Waals surface area contributed by atoms with Gasteiger partial charge in [0.25, 0.3) is 0 Å². The lowest BCUT2D eigenvalue weighted by atomic mass is 10.1. The average Bonchev–Trinajstić information content (AvgIpc) is 2.71. The molecule has 0 saturated carbocycles. The van der Waals surface area contributed by atoms with Crippen LogP contribution < -0.4 is 0 Å². The third-order valence-corrected chi connectivity index (χ3v) is 3.90. The molecule has 1 unspecified atom stereocenters. The van der Waals surface area contributed by atoms with Crippen molar-refractivity contribution in [2.24, 2.45) is 0 Å². The fraction of sp³-hybridized carbons (Fsp3) is 0.545. The van der Waals surface area contributed by atoms with E-state index >= 15 is 0 Å². The van der Waals surface area contributed by atoms with Crippen LogP contribution >= 0.6 is 11.3 Å². The van der Waals surface area contributed by atoms with E-state index in [2.05, 4.69) is 29.3 Å². The van der Waals surface area contributed by atoms with Gasteiger partial charge in [-0.15, -0.1) is 11.3 Å². The van der Waals surface area contributed by atoms with Gasteiger partial charge in [-0.3, -0.25) is 9.69 Å². The molecule has 2 nitrogen and oxygen atoms in total. The van der Waals surface area contributed by atoms with Crippen LogP contribution in [0.3, 0.4) is 0 Å². The van der Waals surface area contributed by atoms with E-state index in [4.69, 9.17) is 0 Å². The maximum atomic E-state index is 11.1. The number of carbonyl (C=O) groups is 1. The second-order valence-corrected chi connectivity index (χ2v) is 4.75. The van der Waals surface area contributed by atoms with Gasteiger partial charge in [-0.05, 0) is 18.4 Å². The van der Waals surface area contributed by atoms with Crippen LogP contribution in [-0.4, -0.2) is 23.8 Å². The fourth-order valence-electron chi connectivity index (χ4n) is 1.87. The Labute approximate surface area is 88.5 Å². The molecule has 3 heteroatoms. The van der Waals surface area contributed by atoms with Crippen LogP contribution in [0.25, 0.3) is 0 Å². The predicted octanol–water partition coefficient (Wildman–Crippen LogP) is 2.47. The minimum Gasteiger partial charge on any atom is -0.300 e. The van der Waals surface area contributed by atoms with E-state index < -0.39 is 0 Å². The van der Waals surface area contributed by atoms with Crippen molar-refractivity contribution < 1.29 is 4.79 Å². The van der Waals surface area contributed by atoms with E-state index in [-0.39, 0.29) is 0 Å². The lowest BCUT2D eigenvalue weighted by Gasteiger charge is -2.31. The van der Waals surface area contributed by atoms with Crippen LogP contribution in [0.2, 0.25) is 0 Å². The van der Waals surface area contributed by atoms with E-state index in [1.165, 1.54) is 4.88 Å². The predicted molar refractivity (Wildman–Crippen MR) is 58.5 cm³/mol. The summed E-state index contributed by atoms with van der Waals surface area (Å²) in [6, 6.07) is 4.74. The molecule has 2 rings (SSSR count). The number of rotatable bonds is 2. The molecule has 1 fully saturated rings. The first-order valence-electron chi connectivity index (χ1n) is 5.06. The highest BCUT2D eigenvalue weighted by Gasteiger charge is 2.21. The summed E-state index contributed by atoms with van der Waals surface area (Å²) in [4.78, 5) is 14.9. The molecule has 1 aliphatic heterocycles. The van der Waals surface area contributed by atoms with Gasteiger partial charge < -0.3 is 0 Å². The number of piperidine rings is 1. The first-order valence-corrected chi connectivity index (χ1v) is 5.94. The number of carbonyl (C=O) groups excluding carboxylic acids is 1. The van der Waals surface area contributed by atoms with E-state index in [9.17, 15) is 4.79 Å². The molecule has 14 heavy (non-hydrogen) atoms. The second kappa shape index (κ2) is 4.24. The highest BCUT2D eigenvalue weighted by molar-refractivity contribution is 7.10. The number of ketones is 1. The summed E-state index contributed by atoms with van der Waals surface area (Å²) in [5.41, 5.74) is 0. The van der Waals surface area contributed by atoms with Crippen molar-refractivity contribution in [1.82, 2.24) is 4.90 Å². The zero-order valence-corrected chi connectivity index (χ0v) is 9.22. The Bertz CT molecular complexity index is 297. The van der Waals surface area contributed by atoms with E-state index in [0.29, 0.717) is 11.8 Å². The van der Waals surface area contributed by atoms with Crippen molar-refractivity contribution in [2.45, 2.75) is 25.8 Å². The smallest absolute Gasteiger partial charge is 0.135 e. The number of Topliss-reactive ketones (excluding diaryl/α,β-unsaturated/α-hetero) is 1. The Morgan fingerprint density at radius 2 is 2.14 bits per heavy atom. The molecule has 2 heterocycles. The monoisotopic (exact) mass is 209 g/mol. The zero-order chi connectivity index (χ0) is 9.97.